The van der Waals surface area contributed by atoms with E-state index in [9.17, 15) is 13.2 Å². The van der Waals surface area contributed by atoms with Crippen molar-refractivity contribution in [3.05, 3.63) is 29.8 Å². The summed E-state index contributed by atoms with van der Waals surface area (Å²) in [4.78, 5) is 11.9. The highest BCUT2D eigenvalue weighted by Crippen LogP contribution is 2.24. The summed E-state index contributed by atoms with van der Waals surface area (Å²) in [5.74, 6) is 0.384. The number of amides is 1. The zero-order valence-corrected chi connectivity index (χ0v) is 13.4. The molecule has 1 aromatic rings. The van der Waals surface area contributed by atoms with Crippen molar-refractivity contribution in [2.75, 3.05) is 6.54 Å². The van der Waals surface area contributed by atoms with Crippen LogP contribution in [0.1, 0.15) is 37.7 Å². The fraction of sp³-hybridized carbons (Fsp3) is 0.533. The second kappa shape index (κ2) is 7.27. The Labute approximate surface area is 130 Å². The van der Waals surface area contributed by atoms with Gasteiger partial charge >= 0.3 is 0 Å². The molecule has 0 unspecified atom stereocenters. The van der Waals surface area contributed by atoms with E-state index < -0.39 is 9.05 Å². The fourth-order valence-corrected chi connectivity index (χ4v) is 3.42. The number of hydrogen-bond donors (Lipinski definition) is 1. The minimum Gasteiger partial charge on any atom is -0.356 e. The molecular formula is C15H20ClNO3S. The number of aryl methyl sites for hydroxylation is 1. The summed E-state index contributed by atoms with van der Waals surface area (Å²) in [7, 11) is 1.61. The molecule has 2 rings (SSSR count). The van der Waals surface area contributed by atoms with E-state index in [2.05, 4.69) is 5.32 Å². The normalized spacial score (nSPS) is 16.0. The third kappa shape index (κ3) is 5.00. The maximum absolute atomic E-state index is 11.8. The Hall–Kier alpha value is -1.07. The van der Waals surface area contributed by atoms with Crippen LogP contribution in [0.4, 0.5) is 0 Å². The topological polar surface area (TPSA) is 63.2 Å². The van der Waals surface area contributed by atoms with Crippen LogP contribution in [-0.2, 0) is 20.3 Å². The lowest BCUT2D eigenvalue weighted by Crippen LogP contribution is -2.30. The maximum Gasteiger partial charge on any atom is 0.261 e. The van der Waals surface area contributed by atoms with Gasteiger partial charge < -0.3 is 5.32 Å². The average Bonchev–Trinajstić information content (AvgIpc) is 2.97. The predicted octanol–water partition coefficient (Wildman–Crippen LogP) is 2.85. The van der Waals surface area contributed by atoms with Crippen LogP contribution in [0.25, 0.3) is 0 Å². The molecule has 6 heteroatoms. The maximum atomic E-state index is 11.8. The number of rotatable bonds is 6. The molecule has 0 aromatic heterocycles. The molecule has 0 aliphatic heterocycles. The van der Waals surface area contributed by atoms with Gasteiger partial charge in [0.15, 0.2) is 0 Å². The Morgan fingerprint density at radius 3 is 2.38 bits per heavy atom. The van der Waals surface area contributed by atoms with E-state index in [0.29, 0.717) is 6.54 Å². The summed E-state index contributed by atoms with van der Waals surface area (Å²) in [5, 5.41) is 2.97. The zero-order chi connectivity index (χ0) is 15.3. The van der Waals surface area contributed by atoms with Gasteiger partial charge in [0.1, 0.15) is 0 Å². The van der Waals surface area contributed by atoms with Crippen LogP contribution in [0, 0.1) is 5.92 Å². The molecule has 116 valence electrons. The molecule has 0 atom stereocenters. The lowest BCUT2D eigenvalue weighted by molar-refractivity contribution is -0.124. The Morgan fingerprint density at radius 1 is 1.19 bits per heavy atom. The number of hydrogen-bond acceptors (Lipinski definition) is 3. The molecule has 1 amide bonds. The molecule has 1 fully saturated rings. The van der Waals surface area contributed by atoms with Crippen molar-refractivity contribution in [3.63, 3.8) is 0 Å². The summed E-state index contributed by atoms with van der Waals surface area (Å²) in [6, 6.07) is 6.53. The molecule has 0 spiro atoms. The van der Waals surface area contributed by atoms with E-state index in [0.717, 1.165) is 44.1 Å². The van der Waals surface area contributed by atoms with Crippen molar-refractivity contribution < 1.29 is 13.2 Å². The monoisotopic (exact) mass is 329 g/mol. The molecule has 0 bridgehead atoms. The first kappa shape index (κ1) is 16.3. The number of benzene rings is 1. The fourth-order valence-electron chi connectivity index (χ4n) is 2.66. The van der Waals surface area contributed by atoms with Crippen molar-refractivity contribution in [2.45, 2.75) is 43.4 Å². The highest BCUT2D eigenvalue weighted by atomic mass is 35.7. The quantitative estimate of drug-likeness (QED) is 0.644. The second-order valence-corrected chi connectivity index (χ2v) is 8.02. The molecule has 1 N–H and O–H groups in total. The van der Waals surface area contributed by atoms with Crippen molar-refractivity contribution in [1.82, 2.24) is 5.32 Å². The SMILES string of the molecule is O=C(NCCCc1ccc(S(=O)(=O)Cl)cc1)C1CCCC1. The summed E-state index contributed by atoms with van der Waals surface area (Å²) in [6.07, 6.45) is 5.99. The Bertz CT molecular complexity index is 577. The van der Waals surface area contributed by atoms with Gasteiger partial charge in [0.2, 0.25) is 5.91 Å². The lowest BCUT2D eigenvalue weighted by atomic mass is 10.1. The van der Waals surface area contributed by atoms with Crippen molar-refractivity contribution in [2.24, 2.45) is 5.92 Å². The summed E-state index contributed by atoms with van der Waals surface area (Å²) in [6.45, 7) is 0.658. The molecule has 4 nitrogen and oxygen atoms in total. The van der Waals surface area contributed by atoms with Crippen LogP contribution >= 0.6 is 10.7 Å². The highest BCUT2D eigenvalue weighted by Gasteiger charge is 2.21. The molecule has 1 aliphatic rings. The van der Waals surface area contributed by atoms with Crippen LogP contribution in [0.2, 0.25) is 0 Å². The average molecular weight is 330 g/mol. The van der Waals surface area contributed by atoms with E-state index in [1.165, 1.54) is 12.1 Å². The van der Waals surface area contributed by atoms with Crippen LogP contribution in [-0.4, -0.2) is 20.9 Å². The minimum absolute atomic E-state index is 0.113. The Balaban J connectivity index is 1.72. The first-order valence-electron chi connectivity index (χ1n) is 7.28. The summed E-state index contributed by atoms with van der Waals surface area (Å²) >= 11 is 0. The number of nitrogens with one attached hydrogen (secondary N) is 1. The Kier molecular flexibility index (Phi) is 5.65. The van der Waals surface area contributed by atoms with E-state index in [1.54, 1.807) is 12.1 Å². The predicted molar refractivity (Wildman–Crippen MR) is 82.8 cm³/mol. The van der Waals surface area contributed by atoms with Gasteiger partial charge in [0.25, 0.3) is 9.05 Å². The molecule has 1 aliphatic carbocycles. The molecule has 1 aromatic carbocycles. The van der Waals surface area contributed by atoms with Gasteiger partial charge in [0.05, 0.1) is 4.90 Å². The van der Waals surface area contributed by atoms with E-state index in [1.807, 2.05) is 0 Å². The van der Waals surface area contributed by atoms with Gasteiger partial charge in [0, 0.05) is 23.1 Å². The van der Waals surface area contributed by atoms with E-state index >= 15 is 0 Å². The molecule has 0 radical (unpaired) electrons. The van der Waals surface area contributed by atoms with Gasteiger partial charge in [-0.2, -0.15) is 0 Å². The van der Waals surface area contributed by atoms with Gasteiger partial charge in [-0.1, -0.05) is 25.0 Å². The summed E-state index contributed by atoms with van der Waals surface area (Å²) in [5.41, 5.74) is 1.04. The number of carbonyl (C=O) groups is 1. The van der Waals surface area contributed by atoms with Crippen molar-refractivity contribution in [1.29, 1.82) is 0 Å². The van der Waals surface area contributed by atoms with Crippen LogP contribution in [0.15, 0.2) is 29.2 Å². The molecular weight excluding hydrogens is 310 g/mol. The van der Waals surface area contributed by atoms with Gasteiger partial charge in [-0.15, -0.1) is 0 Å². The Morgan fingerprint density at radius 2 is 1.81 bits per heavy atom. The molecule has 0 saturated heterocycles. The van der Waals surface area contributed by atoms with E-state index in [4.69, 9.17) is 10.7 Å². The molecule has 1 saturated carbocycles. The third-order valence-corrected chi connectivity index (χ3v) is 5.24. The van der Waals surface area contributed by atoms with E-state index in [-0.39, 0.29) is 16.7 Å². The van der Waals surface area contributed by atoms with Gasteiger partial charge in [-0.05, 0) is 43.4 Å². The van der Waals surface area contributed by atoms with Crippen molar-refractivity contribution in [3.8, 4) is 0 Å². The van der Waals surface area contributed by atoms with Crippen LogP contribution < -0.4 is 5.32 Å². The highest BCUT2D eigenvalue weighted by molar-refractivity contribution is 8.13. The largest absolute Gasteiger partial charge is 0.356 e. The zero-order valence-electron chi connectivity index (χ0n) is 11.8. The molecule has 21 heavy (non-hydrogen) atoms. The standard InChI is InChI=1S/C15H20ClNO3S/c16-21(19,20)14-9-7-12(8-10-14)4-3-11-17-15(18)13-5-1-2-6-13/h7-10,13H,1-6,11H2,(H,17,18). The first-order chi connectivity index (χ1) is 9.97. The van der Waals surface area contributed by atoms with Gasteiger partial charge in [-0.3, -0.25) is 4.79 Å². The number of halogens is 1. The van der Waals surface area contributed by atoms with Crippen LogP contribution in [0.3, 0.4) is 0 Å². The third-order valence-electron chi connectivity index (χ3n) is 3.87. The second-order valence-electron chi connectivity index (χ2n) is 5.46. The van der Waals surface area contributed by atoms with Gasteiger partial charge in [-0.25, -0.2) is 8.42 Å². The minimum atomic E-state index is -3.65. The smallest absolute Gasteiger partial charge is 0.261 e. The van der Waals surface area contributed by atoms with Crippen molar-refractivity contribution >= 4 is 25.6 Å². The number of carbonyl (C=O) groups excluding carboxylic acids is 1. The van der Waals surface area contributed by atoms with Crippen LogP contribution in [0.5, 0.6) is 0 Å². The first-order valence-corrected chi connectivity index (χ1v) is 9.59. The summed E-state index contributed by atoms with van der Waals surface area (Å²) < 4.78 is 22.2. The lowest BCUT2D eigenvalue weighted by Gasteiger charge is -2.10. The molecule has 0 heterocycles.